The second kappa shape index (κ2) is 2.47. The van der Waals surface area contributed by atoms with Crippen molar-refractivity contribution in [2.24, 2.45) is 5.73 Å². The summed E-state index contributed by atoms with van der Waals surface area (Å²) in [4.78, 5) is 11.4. The van der Waals surface area contributed by atoms with Crippen molar-refractivity contribution >= 4 is 23.2 Å². The summed E-state index contributed by atoms with van der Waals surface area (Å²) in [5, 5.41) is 3.28. The summed E-state index contributed by atoms with van der Waals surface area (Å²) in [6.45, 7) is 1.67. The van der Waals surface area contributed by atoms with Gasteiger partial charge >= 0.3 is 0 Å². The third-order valence-corrected chi connectivity index (χ3v) is 2.50. The molecule has 0 bridgehead atoms. The monoisotopic (exact) mass is 196 g/mol. The normalized spacial score (nSPS) is 25.6. The maximum absolute atomic E-state index is 11.4. The Morgan fingerprint density at radius 2 is 2.23 bits per heavy atom. The molecule has 0 aromatic heterocycles. The first kappa shape index (κ1) is 8.53. The lowest BCUT2D eigenvalue weighted by atomic mass is 9.95. The first-order valence-corrected chi connectivity index (χ1v) is 4.30. The van der Waals surface area contributed by atoms with Crippen LogP contribution in [0.25, 0.3) is 0 Å². The molecular formula is C9H9ClN2O. The SMILES string of the molecule is C[C@]1(N)C(=O)Nc2ccc(Cl)cc21. The molecule has 0 aliphatic carbocycles. The molecule has 13 heavy (non-hydrogen) atoms. The Balaban J connectivity index is 2.64. The first-order valence-electron chi connectivity index (χ1n) is 3.92. The molecule has 1 amide bonds. The number of fused-ring (bicyclic) bond motifs is 1. The van der Waals surface area contributed by atoms with Crippen molar-refractivity contribution in [1.29, 1.82) is 0 Å². The van der Waals surface area contributed by atoms with Crippen LogP contribution >= 0.6 is 11.6 Å². The van der Waals surface area contributed by atoms with Crippen LogP contribution in [0.4, 0.5) is 5.69 Å². The lowest BCUT2D eigenvalue weighted by Gasteiger charge is -2.14. The van der Waals surface area contributed by atoms with Crippen LogP contribution in [0.3, 0.4) is 0 Å². The first-order chi connectivity index (χ1) is 6.01. The summed E-state index contributed by atoms with van der Waals surface area (Å²) in [6, 6.07) is 5.20. The molecule has 1 aliphatic heterocycles. The van der Waals surface area contributed by atoms with Crippen molar-refractivity contribution in [2.45, 2.75) is 12.5 Å². The Kier molecular flexibility index (Phi) is 1.62. The van der Waals surface area contributed by atoms with Gasteiger partial charge in [-0.3, -0.25) is 4.79 Å². The van der Waals surface area contributed by atoms with Crippen molar-refractivity contribution in [3.8, 4) is 0 Å². The number of hydrogen-bond donors (Lipinski definition) is 2. The van der Waals surface area contributed by atoms with Gasteiger partial charge in [-0.1, -0.05) is 11.6 Å². The molecule has 1 aromatic rings. The van der Waals surface area contributed by atoms with E-state index in [1.807, 2.05) is 0 Å². The van der Waals surface area contributed by atoms with Crippen LogP contribution in [-0.2, 0) is 10.3 Å². The van der Waals surface area contributed by atoms with Gasteiger partial charge in [-0.15, -0.1) is 0 Å². The fourth-order valence-electron chi connectivity index (χ4n) is 1.43. The van der Waals surface area contributed by atoms with Gasteiger partial charge in [0.15, 0.2) is 0 Å². The number of nitrogens with two attached hydrogens (primary N) is 1. The molecule has 1 heterocycles. The fraction of sp³-hybridized carbons (Fsp3) is 0.222. The maximum Gasteiger partial charge on any atom is 0.248 e. The lowest BCUT2D eigenvalue weighted by Crippen LogP contribution is -2.40. The zero-order valence-electron chi connectivity index (χ0n) is 7.10. The number of benzene rings is 1. The minimum absolute atomic E-state index is 0.190. The van der Waals surface area contributed by atoms with Gasteiger partial charge in [-0.25, -0.2) is 0 Å². The van der Waals surface area contributed by atoms with Gasteiger partial charge < -0.3 is 11.1 Å². The predicted octanol–water partition coefficient (Wildman–Crippen LogP) is 1.47. The zero-order chi connectivity index (χ0) is 9.64. The van der Waals surface area contributed by atoms with Crippen molar-refractivity contribution in [3.05, 3.63) is 28.8 Å². The number of nitrogens with one attached hydrogen (secondary N) is 1. The molecule has 0 spiro atoms. The molecule has 0 saturated carbocycles. The fourth-order valence-corrected chi connectivity index (χ4v) is 1.60. The Hall–Kier alpha value is -1.06. The summed E-state index contributed by atoms with van der Waals surface area (Å²) >= 11 is 5.80. The average Bonchev–Trinajstić information content (AvgIpc) is 2.27. The van der Waals surface area contributed by atoms with Gasteiger partial charge in [-0.2, -0.15) is 0 Å². The Labute approximate surface area is 80.9 Å². The molecule has 1 atom stereocenters. The molecule has 3 N–H and O–H groups in total. The topological polar surface area (TPSA) is 55.1 Å². The van der Waals surface area contributed by atoms with Gasteiger partial charge in [0, 0.05) is 16.3 Å². The van der Waals surface area contributed by atoms with Crippen molar-refractivity contribution in [1.82, 2.24) is 0 Å². The molecule has 68 valence electrons. The number of carbonyl (C=O) groups excluding carboxylic acids is 1. The smallest absolute Gasteiger partial charge is 0.248 e. The van der Waals surface area contributed by atoms with Gasteiger partial charge in [0.25, 0.3) is 0 Å². The second-order valence-electron chi connectivity index (χ2n) is 3.35. The van der Waals surface area contributed by atoms with Crippen molar-refractivity contribution in [3.63, 3.8) is 0 Å². The van der Waals surface area contributed by atoms with Crippen LogP contribution in [-0.4, -0.2) is 5.91 Å². The predicted molar refractivity (Wildman–Crippen MR) is 51.6 cm³/mol. The van der Waals surface area contributed by atoms with Crippen LogP contribution in [0.1, 0.15) is 12.5 Å². The van der Waals surface area contributed by atoms with E-state index in [1.54, 1.807) is 25.1 Å². The van der Waals surface area contributed by atoms with Crippen LogP contribution in [0, 0.1) is 0 Å². The highest BCUT2D eigenvalue weighted by molar-refractivity contribution is 6.31. The van der Waals surface area contributed by atoms with E-state index in [1.165, 1.54) is 0 Å². The summed E-state index contributed by atoms with van der Waals surface area (Å²) in [5.41, 5.74) is 6.38. The standard InChI is InChI=1S/C9H9ClN2O/c1-9(11)6-4-5(10)2-3-7(6)12-8(9)13/h2-4H,11H2,1H3,(H,12,13)/t9-/m1/s1. The highest BCUT2D eigenvalue weighted by Crippen LogP contribution is 2.35. The van der Waals surface area contributed by atoms with E-state index in [0.717, 1.165) is 11.3 Å². The second-order valence-corrected chi connectivity index (χ2v) is 3.78. The molecule has 4 heteroatoms. The number of halogens is 1. The van der Waals surface area contributed by atoms with Crippen LogP contribution in [0.15, 0.2) is 18.2 Å². The van der Waals surface area contributed by atoms with E-state index < -0.39 is 5.54 Å². The molecule has 1 aliphatic rings. The highest BCUT2D eigenvalue weighted by Gasteiger charge is 2.38. The summed E-state index contributed by atoms with van der Waals surface area (Å²) in [7, 11) is 0. The molecule has 1 aromatic carbocycles. The third-order valence-electron chi connectivity index (χ3n) is 2.26. The zero-order valence-corrected chi connectivity index (χ0v) is 7.85. The summed E-state index contributed by atoms with van der Waals surface area (Å²) in [5.74, 6) is -0.190. The van der Waals surface area contributed by atoms with E-state index in [4.69, 9.17) is 17.3 Å². The molecular weight excluding hydrogens is 188 g/mol. The summed E-state index contributed by atoms with van der Waals surface area (Å²) in [6.07, 6.45) is 0. The van der Waals surface area contributed by atoms with E-state index in [9.17, 15) is 4.79 Å². The largest absolute Gasteiger partial charge is 0.324 e. The summed E-state index contributed by atoms with van der Waals surface area (Å²) < 4.78 is 0. The average molecular weight is 197 g/mol. The number of rotatable bonds is 0. The van der Waals surface area contributed by atoms with Crippen LogP contribution < -0.4 is 11.1 Å². The molecule has 2 rings (SSSR count). The molecule has 3 nitrogen and oxygen atoms in total. The highest BCUT2D eigenvalue weighted by atomic mass is 35.5. The van der Waals surface area contributed by atoms with Crippen LogP contribution in [0.5, 0.6) is 0 Å². The number of anilines is 1. The third kappa shape index (κ3) is 1.12. The Morgan fingerprint density at radius 1 is 1.54 bits per heavy atom. The van der Waals surface area contributed by atoms with Gasteiger partial charge in [-0.05, 0) is 25.1 Å². The maximum atomic E-state index is 11.4. The van der Waals surface area contributed by atoms with Crippen molar-refractivity contribution < 1.29 is 4.79 Å². The van der Waals surface area contributed by atoms with Gasteiger partial charge in [0.05, 0.1) is 0 Å². The quantitative estimate of drug-likeness (QED) is 0.660. The van der Waals surface area contributed by atoms with Crippen LogP contribution in [0.2, 0.25) is 5.02 Å². The number of amides is 1. The number of hydrogen-bond acceptors (Lipinski definition) is 2. The van der Waals surface area contributed by atoms with Crippen molar-refractivity contribution in [2.75, 3.05) is 5.32 Å². The van der Waals surface area contributed by atoms with E-state index in [-0.39, 0.29) is 5.91 Å². The molecule has 0 saturated heterocycles. The minimum atomic E-state index is -0.958. The molecule has 0 radical (unpaired) electrons. The Morgan fingerprint density at radius 3 is 2.92 bits per heavy atom. The Bertz CT molecular complexity index is 387. The lowest BCUT2D eigenvalue weighted by molar-refractivity contribution is -0.120. The van der Waals surface area contributed by atoms with E-state index >= 15 is 0 Å². The number of carbonyl (C=O) groups is 1. The van der Waals surface area contributed by atoms with Gasteiger partial charge in [0.2, 0.25) is 5.91 Å². The van der Waals surface area contributed by atoms with E-state index in [2.05, 4.69) is 5.32 Å². The van der Waals surface area contributed by atoms with E-state index in [0.29, 0.717) is 5.02 Å². The van der Waals surface area contributed by atoms with Gasteiger partial charge in [0.1, 0.15) is 5.54 Å². The minimum Gasteiger partial charge on any atom is -0.324 e. The molecule has 0 fully saturated rings. The molecule has 0 unspecified atom stereocenters.